The Morgan fingerprint density at radius 3 is 2.26 bits per heavy atom. The van der Waals surface area contributed by atoms with E-state index in [4.69, 9.17) is 5.26 Å². The van der Waals surface area contributed by atoms with Gasteiger partial charge in [0.05, 0.1) is 16.1 Å². The summed E-state index contributed by atoms with van der Waals surface area (Å²) in [6.07, 6.45) is 0.836. The molecule has 0 aliphatic carbocycles. The van der Waals surface area contributed by atoms with E-state index in [2.05, 4.69) is 26.3 Å². The van der Waals surface area contributed by atoms with Gasteiger partial charge in [-0.05, 0) is 48.4 Å². The van der Waals surface area contributed by atoms with Crippen molar-refractivity contribution in [1.29, 1.82) is 5.26 Å². The molecule has 0 amide bonds. The minimum atomic E-state index is -3.74. The molecule has 0 atom stereocenters. The lowest BCUT2D eigenvalue weighted by atomic mass is 10.2. The molecule has 27 heavy (non-hydrogen) atoms. The molecule has 0 aliphatic heterocycles. The molecule has 2 N–H and O–H groups in total. The number of rotatable bonds is 6. The van der Waals surface area contributed by atoms with E-state index in [0.29, 0.717) is 17.1 Å². The van der Waals surface area contributed by atoms with Crippen LogP contribution in [0.5, 0.6) is 0 Å². The molecule has 0 bridgehead atoms. The summed E-state index contributed by atoms with van der Waals surface area (Å²) in [4.78, 5) is 0.159. The fourth-order valence-electron chi connectivity index (χ4n) is 2.38. The molecule has 1 heterocycles. The number of hydrogen-bond donors (Lipinski definition) is 2. The summed E-state index contributed by atoms with van der Waals surface area (Å²) in [6, 6.07) is 18.8. The summed E-state index contributed by atoms with van der Waals surface area (Å²) in [5, 5.41) is 19.9. The summed E-state index contributed by atoms with van der Waals surface area (Å²) in [5.74, 6) is 0.502. The van der Waals surface area contributed by atoms with Crippen molar-refractivity contribution in [3.05, 3.63) is 71.8 Å². The van der Waals surface area contributed by atoms with E-state index in [1.54, 1.807) is 54.6 Å². The monoisotopic (exact) mass is 379 g/mol. The van der Waals surface area contributed by atoms with Crippen molar-refractivity contribution in [2.75, 3.05) is 10.0 Å². The first-order valence-electron chi connectivity index (χ1n) is 8.23. The number of nitrogens with one attached hydrogen (secondary N) is 2. The highest BCUT2D eigenvalue weighted by atomic mass is 32.2. The maximum atomic E-state index is 12.4. The second kappa shape index (κ2) is 7.85. The number of anilines is 3. The van der Waals surface area contributed by atoms with Gasteiger partial charge in [-0.15, -0.1) is 10.2 Å². The first kappa shape index (κ1) is 18.4. The van der Waals surface area contributed by atoms with Crippen LogP contribution in [-0.4, -0.2) is 18.6 Å². The SMILES string of the molecule is CCc1ccc(S(=O)(=O)Nc2ccc(Nc3ccccc3C#N)nn2)cc1. The summed E-state index contributed by atoms with van der Waals surface area (Å²) in [6.45, 7) is 2.00. The van der Waals surface area contributed by atoms with E-state index < -0.39 is 10.0 Å². The van der Waals surface area contributed by atoms with Gasteiger partial charge >= 0.3 is 0 Å². The first-order chi connectivity index (χ1) is 13.0. The van der Waals surface area contributed by atoms with Crippen LogP contribution in [-0.2, 0) is 16.4 Å². The number of aryl methyl sites for hydroxylation is 1. The molecule has 3 aromatic rings. The molecule has 7 nitrogen and oxygen atoms in total. The summed E-state index contributed by atoms with van der Waals surface area (Å²) < 4.78 is 27.3. The lowest BCUT2D eigenvalue weighted by Crippen LogP contribution is -2.14. The molecule has 0 saturated carbocycles. The third kappa shape index (κ3) is 4.40. The van der Waals surface area contributed by atoms with Crippen molar-refractivity contribution >= 4 is 27.3 Å². The highest BCUT2D eigenvalue weighted by Crippen LogP contribution is 2.20. The quantitative estimate of drug-likeness (QED) is 0.679. The van der Waals surface area contributed by atoms with Crippen LogP contribution in [0.25, 0.3) is 0 Å². The van der Waals surface area contributed by atoms with E-state index in [-0.39, 0.29) is 10.7 Å². The third-order valence-corrected chi connectivity index (χ3v) is 5.23. The van der Waals surface area contributed by atoms with E-state index in [1.165, 1.54) is 6.07 Å². The number of nitrogens with zero attached hydrogens (tertiary/aromatic N) is 3. The first-order valence-corrected chi connectivity index (χ1v) is 9.72. The Kier molecular flexibility index (Phi) is 5.33. The van der Waals surface area contributed by atoms with Gasteiger partial charge < -0.3 is 5.32 Å². The molecule has 0 fully saturated rings. The molecule has 0 unspecified atom stereocenters. The second-order valence-corrected chi connectivity index (χ2v) is 7.37. The Morgan fingerprint density at radius 1 is 0.963 bits per heavy atom. The molecule has 8 heteroatoms. The Morgan fingerprint density at radius 2 is 1.63 bits per heavy atom. The van der Waals surface area contributed by atoms with Crippen LogP contribution in [0.3, 0.4) is 0 Å². The van der Waals surface area contributed by atoms with Gasteiger partial charge in [-0.2, -0.15) is 5.26 Å². The van der Waals surface area contributed by atoms with Crippen LogP contribution in [0.1, 0.15) is 18.1 Å². The molecular weight excluding hydrogens is 362 g/mol. The zero-order chi connectivity index (χ0) is 19.3. The highest BCUT2D eigenvalue weighted by Gasteiger charge is 2.15. The summed E-state index contributed by atoms with van der Waals surface area (Å²) in [7, 11) is -3.74. The molecule has 0 spiro atoms. The Labute approximate surface area is 157 Å². The Hall–Kier alpha value is -3.44. The van der Waals surface area contributed by atoms with E-state index in [9.17, 15) is 8.42 Å². The maximum Gasteiger partial charge on any atom is 0.263 e. The largest absolute Gasteiger partial charge is 0.338 e. The minimum Gasteiger partial charge on any atom is -0.338 e. The highest BCUT2D eigenvalue weighted by molar-refractivity contribution is 7.92. The molecule has 2 aromatic carbocycles. The third-order valence-electron chi connectivity index (χ3n) is 3.86. The molecule has 136 valence electrons. The van der Waals surface area contributed by atoms with Gasteiger partial charge in [-0.1, -0.05) is 31.2 Å². The van der Waals surface area contributed by atoms with Crippen LogP contribution in [0, 0.1) is 11.3 Å². The lowest BCUT2D eigenvalue weighted by molar-refractivity contribution is 0.601. The predicted molar refractivity (Wildman–Crippen MR) is 103 cm³/mol. The standard InChI is InChI=1S/C19H17N5O2S/c1-2-14-7-9-16(10-8-14)27(25,26)24-19-12-11-18(22-23-19)21-17-6-4-3-5-15(17)13-20/h3-12H,2H2,1H3,(H,21,22)(H,23,24). The van der Waals surface area contributed by atoms with Gasteiger partial charge in [-0.3, -0.25) is 4.72 Å². The van der Waals surface area contributed by atoms with E-state index >= 15 is 0 Å². The average molecular weight is 379 g/mol. The van der Waals surface area contributed by atoms with Crippen LogP contribution >= 0.6 is 0 Å². The van der Waals surface area contributed by atoms with Gasteiger partial charge in [0, 0.05) is 0 Å². The number of aromatic nitrogens is 2. The molecule has 0 saturated heterocycles. The topological polar surface area (TPSA) is 108 Å². The van der Waals surface area contributed by atoms with Crippen molar-refractivity contribution in [3.63, 3.8) is 0 Å². The Bertz CT molecular complexity index is 1070. The normalized spacial score (nSPS) is 10.8. The zero-order valence-corrected chi connectivity index (χ0v) is 15.4. The van der Waals surface area contributed by atoms with Crippen LogP contribution in [0.15, 0.2) is 65.6 Å². The molecule has 1 aromatic heterocycles. The fourth-order valence-corrected chi connectivity index (χ4v) is 3.38. The minimum absolute atomic E-state index is 0.105. The smallest absolute Gasteiger partial charge is 0.263 e. The van der Waals surface area contributed by atoms with Gasteiger partial charge in [0.25, 0.3) is 10.0 Å². The zero-order valence-electron chi connectivity index (χ0n) is 14.5. The van der Waals surface area contributed by atoms with Crippen molar-refractivity contribution in [2.45, 2.75) is 18.2 Å². The van der Waals surface area contributed by atoms with Gasteiger partial charge in [0.1, 0.15) is 6.07 Å². The fraction of sp³-hybridized carbons (Fsp3) is 0.105. The van der Waals surface area contributed by atoms with Crippen LogP contribution in [0.4, 0.5) is 17.3 Å². The predicted octanol–water partition coefficient (Wildman–Crippen LogP) is 3.46. The molecule has 0 aliphatic rings. The van der Waals surface area contributed by atoms with Gasteiger partial charge in [0.2, 0.25) is 0 Å². The number of para-hydroxylation sites is 1. The second-order valence-electron chi connectivity index (χ2n) is 5.69. The van der Waals surface area contributed by atoms with Gasteiger partial charge in [-0.25, -0.2) is 8.42 Å². The van der Waals surface area contributed by atoms with E-state index in [0.717, 1.165) is 12.0 Å². The summed E-state index contributed by atoms with van der Waals surface area (Å²) >= 11 is 0. The van der Waals surface area contributed by atoms with Crippen LogP contribution in [0.2, 0.25) is 0 Å². The average Bonchev–Trinajstić information content (AvgIpc) is 2.70. The number of nitriles is 1. The van der Waals surface area contributed by atoms with Crippen molar-refractivity contribution in [1.82, 2.24) is 10.2 Å². The number of hydrogen-bond acceptors (Lipinski definition) is 6. The van der Waals surface area contributed by atoms with Crippen molar-refractivity contribution in [2.24, 2.45) is 0 Å². The van der Waals surface area contributed by atoms with Crippen LogP contribution < -0.4 is 10.0 Å². The Balaban J connectivity index is 1.74. The summed E-state index contributed by atoms with van der Waals surface area (Å²) in [5.41, 5.74) is 2.13. The van der Waals surface area contributed by atoms with E-state index in [1.807, 2.05) is 6.92 Å². The molecule has 0 radical (unpaired) electrons. The van der Waals surface area contributed by atoms with Crippen molar-refractivity contribution < 1.29 is 8.42 Å². The number of sulfonamides is 1. The van der Waals surface area contributed by atoms with Gasteiger partial charge in [0.15, 0.2) is 11.6 Å². The number of benzene rings is 2. The lowest BCUT2D eigenvalue weighted by Gasteiger charge is -2.09. The maximum absolute atomic E-state index is 12.4. The molecular formula is C19H17N5O2S. The van der Waals surface area contributed by atoms with Crippen molar-refractivity contribution in [3.8, 4) is 6.07 Å². The molecule has 3 rings (SSSR count).